The van der Waals surface area contributed by atoms with Crippen molar-refractivity contribution in [1.29, 1.82) is 0 Å². The minimum Gasteiger partial charge on any atom is -0.506 e. The highest BCUT2D eigenvalue weighted by Crippen LogP contribution is 2.29. The normalized spacial score (nSPS) is 10.8. The van der Waals surface area contributed by atoms with Crippen LogP contribution in [0.1, 0.15) is 15.9 Å². The topological polar surface area (TPSA) is 93.4 Å². The molecule has 0 radical (unpaired) electrons. The van der Waals surface area contributed by atoms with Crippen molar-refractivity contribution in [2.75, 3.05) is 12.4 Å². The van der Waals surface area contributed by atoms with Gasteiger partial charge in [0, 0.05) is 11.9 Å². The van der Waals surface area contributed by atoms with Crippen molar-refractivity contribution in [3.63, 3.8) is 0 Å². The third-order valence-corrected chi connectivity index (χ3v) is 5.11. The highest BCUT2D eigenvalue weighted by molar-refractivity contribution is 6.32. The number of pyridine rings is 2. The predicted octanol–water partition coefficient (Wildman–Crippen LogP) is 4.06. The molecule has 0 saturated carbocycles. The summed E-state index contributed by atoms with van der Waals surface area (Å²) in [7, 11) is 1.48. The first-order chi connectivity index (χ1) is 15.0. The van der Waals surface area contributed by atoms with Gasteiger partial charge in [0.2, 0.25) is 0 Å². The number of methoxy groups -OCH3 is 1. The lowest BCUT2D eigenvalue weighted by Gasteiger charge is -2.14. The first-order valence-corrected chi connectivity index (χ1v) is 9.76. The van der Waals surface area contributed by atoms with E-state index < -0.39 is 17.2 Å². The molecule has 0 aliphatic rings. The molecule has 0 spiro atoms. The summed E-state index contributed by atoms with van der Waals surface area (Å²) in [4.78, 5) is 30.5. The van der Waals surface area contributed by atoms with Gasteiger partial charge in [-0.15, -0.1) is 0 Å². The van der Waals surface area contributed by atoms with E-state index in [0.717, 1.165) is 5.56 Å². The molecule has 4 aromatic rings. The molecule has 0 unspecified atom stereocenters. The summed E-state index contributed by atoms with van der Waals surface area (Å²) >= 11 is 6.12. The Bertz CT molecular complexity index is 1340. The number of aromatic nitrogens is 2. The number of aromatic hydroxyl groups is 1. The number of halogens is 1. The van der Waals surface area contributed by atoms with Gasteiger partial charge in [0.15, 0.2) is 0 Å². The molecule has 0 aliphatic carbocycles. The maximum Gasteiger partial charge on any atom is 0.269 e. The number of nitrogens with zero attached hydrogens (tertiary/aromatic N) is 2. The van der Waals surface area contributed by atoms with Crippen LogP contribution in [0.3, 0.4) is 0 Å². The van der Waals surface area contributed by atoms with E-state index in [1.807, 2.05) is 30.3 Å². The number of nitrogens with one attached hydrogen (secondary N) is 1. The second-order valence-electron chi connectivity index (χ2n) is 6.78. The molecular formula is C23H18ClN3O4. The Balaban J connectivity index is 1.81. The van der Waals surface area contributed by atoms with Gasteiger partial charge in [-0.05, 0) is 35.9 Å². The maximum atomic E-state index is 13.3. The van der Waals surface area contributed by atoms with Gasteiger partial charge in [-0.3, -0.25) is 14.2 Å². The summed E-state index contributed by atoms with van der Waals surface area (Å²) in [5, 5.41) is 14.0. The molecule has 0 fully saturated rings. The second kappa shape index (κ2) is 8.49. The molecule has 4 rings (SSSR count). The Morgan fingerprint density at radius 1 is 1.16 bits per heavy atom. The van der Waals surface area contributed by atoms with Gasteiger partial charge in [0.1, 0.15) is 22.7 Å². The summed E-state index contributed by atoms with van der Waals surface area (Å²) in [5.41, 5.74) is 0.483. The molecule has 0 aliphatic heterocycles. The van der Waals surface area contributed by atoms with Crippen molar-refractivity contribution in [3.05, 3.63) is 93.4 Å². The van der Waals surface area contributed by atoms with Crippen LogP contribution < -0.4 is 15.6 Å². The van der Waals surface area contributed by atoms with Crippen molar-refractivity contribution < 1.29 is 14.6 Å². The highest BCUT2D eigenvalue weighted by Gasteiger charge is 2.23. The van der Waals surface area contributed by atoms with E-state index in [2.05, 4.69) is 10.3 Å². The van der Waals surface area contributed by atoms with E-state index in [1.54, 1.807) is 24.3 Å². The van der Waals surface area contributed by atoms with Crippen molar-refractivity contribution in [2.45, 2.75) is 6.54 Å². The van der Waals surface area contributed by atoms with E-state index in [4.69, 9.17) is 16.3 Å². The molecule has 8 heteroatoms. The third-order valence-electron chi connectivity index (χ3n) is 4.81. The lowest BCUT2D eigenvalue weighted by molar-refractivity contribution is 0.102. The fourth-order valence-corrected chi connectivity index (χ4v) is 3.58. The Kier molecular flexibility index (Phi) is 5.60. The van der Waals surface area contributed by atoms with Gasteiger partial charge < -0.3 is 15.2 Å². The van der Waals surface area contributed by atoms with Crippen molar-refractivity contribution >= 4 is 34.2 Å². The van der Waals surface area contributed by atoms with E-state index >= 15 is 0 Å². The average molecular weight is 436 g/mol. The number of fused-ring (bicyclic) bond motifs is 1. The molecule has 0 bridgehead atoms. The van der Waals surface area contributed by atoms with Crippen LogP contribution in [0.2, 0.25) is 5.02 Å². The zero-order chi connectivity index (χ0) is 22.0. The highest BCUT2D eigenvalue weighted by atomic mass is 35.5. The first kappa shape index (κ1) is 20.4. The van der Waals surface area contributed by atoms with Crippen LogP contribution in [0.15, 0.2) is 71.7 Å². The number of benzene rings is 2. The van der Waals surface area contributed by atoms with Crippen LogP contribution in [0, 0.1) is 0 Å². The SMILES string of the molecule is COc1ccc(NC(=O)c2c(O)c3cccnc3n(Cc3ccccc3)c2=O)cc1Cl. The molecule has 0 atom stereocenters. The predicted molar refractivity (Wildman–Crippen MR) is 119 cm³/mol. The number of hydrogen-bond acceptors (Lipinski definition) is 5. The molecule has 2 heterocycles. The molecule has 0 saturated heterocycles. The largest absolute Gasteiger partial charge is 0.506 e. The molecular weight excluding hydrogens is 418 g/mol. The molecule has 1 amide bonds. The van der Waals surface area contributed by atoms with Gasteiger partial charge in [0.25, 0.3) is 11.5 Å². The van der Waals surface area contributed by atoms with Crippen molar-refractivity contribution in [2.24, 2.45) is 0 Å². The minimum absolute atomic E-state index is 0.197. The van der Waals surface area contributed by atoms with Crippen LogP contribution in [-0.4, -0.2) is 27.7 Å². The van der Waals surface area contributed by atoms with Gasteiger partial charge in [-0.2, -0.15) is 0 Å². The Hall–Kier alpha value is -3.84. The van der Waals surface area contributed by atoms with E-state index in [-0.39, 0.29) is 17.8 Å². The number of carbonyl (C=O) groups excluding carboxylic acids is 1. The van der Waals surface area contributed by atoms with Crippen LogP contribution >= 0.6 is 11.6 Å². The summed E-state index contributed by atoms with van der Waals surface area (Å²) in [6.07, 6.45) is 1.53. The van der Waals surface area contributed by atoms with E-state index in [0.29, 0.717) is 21.8 Å². The molecule has 7 nitrogen and oxygen atoms in total. The lowest BCUT2D eigenvalue weighted by atomic mass is 10.1. The molecule has 2 aromatic carbocycles. The van der Waals surface area contributed by atoms with Crippen LogP contribution in [0.4, 0.5) is 5.69 Å². The zero-order valence-corrected chi connectivity index (χ0v) is 17.3. The molecule has 2 N–H and O–H groups in total. The Morgan fingerprint density at radius 3 is 2.65 bits per heavy atom. The van der Waals surface area contributed by atoms with E-state index in [1.165, 1.54) is 23.9 Å². The lowest BCUT2D eigenvalue weighted by Crippen LogP contribution is -2.30. The molecule has 156 valence electrons. The number of ether oxygens (including phenoxy) is 1. The Morgan fingerprint density at radius 2 is 1.94 bits per heavy atom. The summed E-state index contributed by atoms with van der Waals surface area (Å²) in [6, 6.07) is 17.2. The monoisotopic (exact) mass is 435 g/mol. The smallest absolute Gasteiger partial charge is 0.269 e. The van der Waals surface area contributed by atoms with E-state index in [9.17, 15) is 14.7 Å². The molecule has 31 heavy (non-hydrogen) atoms. The minimum atomic E-state index is -0.753. The average Bonchev–Trinajstić information content (AvgIpc) is 2.77. The van der Waals surface area contributed by atoms with Gasteiger partial charge >= 0.3 is 0 Å². The van der Waals surface area contributed by atoms with Crippen molar-refractivity contribution in [3.8, 4) is 11.5 Å². The summed E-state index contributed by atoms with van der Waals surface area (Å²) in [5.74, 6) is -0.727. The molecule has 2 aromatic heterocycles. The van der Waals surface area contributed by atoms with Crippen molar-refractivity contribution in [1.82, 2.24) is 9.55 Å². The number of hydrogen-bond donors (Lipinski definition) is 2. The first-order valence-electron chi connectivity index (χ1n) is 9.39. The third kappa shape index (κ3) is 3.95. The zero-order valence-electron chi connectivity index (χ0n) is 16.5. The Labute approximate surface area is 182 Å². The maximum absolute atomic E-state index is 13.3. The van der Waals surface area contributed by atoms with Gasteiger partial charge in [0.05, 0.1) is 24.1 Å². The number of rotatable bonds is 5. The van der Waals surface area contributed by atoms with Gasteiger partial charge in [-0.25, -0.2) is 4.98 Å². The van der Waals surface area contributed by atoms with Crippen LogP contribution in [0.5, 0.6) is 11.5 Å². The summed E-state index contributed by atoms with van der Waals surface area (Å²) < 4.78 is 6.48. The summed E-state index contributed by atoms with van der Waals surface area (Å²) in [6.45, 7) is 0.197. The fraction of sp³-hybridized carbons (Fsp3) is 0.0870. The van der Waals surface area contributed by atoms with Crippen LogP contribution in [-0.2, 0) is 6.54 Å². The number of carbonyl (C=O) groups is 1. The fourth-order valence-electron chi connectivity index (χ4n) is 3.32. The quantitative estimate of drug-likeness (QED) is 0.493. The standard InChI is InChI=1S/C23H18ClN3O4/c1-31-18-10-9-15(12-17(18)24)26-22(29)19-20(28)16-8-5-11-25-21(16)27(23(19)30)13-14-6-3-2-4-7-14/h2-12,28H,13H2,1H3,(H,26,29). The van der Waals surface area contributed by atoms with Gasteiger partial charge in [-0.1, -0.05) is 41.9 Å². The number of anilines is 1. The second-order valence-corrected chi connectivity index (χ2v) is 7.19. The van der Waals surface area contributed by atoms with Crippen LogP contribution in [0.25, 0.3) is 11.0 Å². The number of amides is 1.